The molecule has 0 bridgehead atoms. The monoisotopic (exact) mass is 921 g/mol. The van der Waals surface area contributed by atoms with Gasteiger partial charge in [0.25, 0.3) is 0 Å². The van der Waals surface area contributed by atoms with Gasteiger partial charge in [0.05, 0.1) is 0 Å². The summed E-state index contributed by atoms with van der Waals surface area (Å²) in [5.74, 6) is 0. The van der Waals surface area contributed by atoms with Gasteiger partial charge < -0.3 is 25.3 Å². The average molecular weight is 922 g/mol. The molecule has 256 valence electrons. The van der Waals surface area contributed by atoms with Gasteiger partial charge in [-0.15, -0.1) is 0 Å². The second-order valence-corrected chi connectivity index (χ2v) is 17.9. The van der Waals surface area contributed by atoms with Gasteiger partial charge in [0.1, 0.15) is 0 Å². The Morgan fingerprint density at radius 3 is 0.865 bits per heavy atom. The maximum Gasteiger partial charge on any atom is 2.00 e. The largest absolute Gasteiger partial charge is 2.00 e. The van der Waals surface area contributed by atoms with E-state index in [1.54, 1.807) is 0 Å². The van der Waals surface area contributed by atoms with Crippen molar-refractivity contribution in [3.05, 3.63) is 230 Å². The zero-order valence-corrected chi connectivity index (χ0v) is 34.0. The van der Waals surface area contributed by atoms with Crippen molar-refractivity contribution >= 4 is 83.7 Å². The molecule has 0 N–H and O–H groups in total. The third kappa shape index (κ3) is 8.72. The Balaban J connectivity index is 0.000000244. The van der Waals surface area contributed by atoms with Crippen molar-refractivity contribution in [2.45, 2.75) is 4.08 Å². The summed E-state index contributed by atoms with van der Waals surface area (Å²) in [5.41, 5.74) is 1.97. The summed E-state index contributed by atoms with van der Waals surface area (Å²) in [7, 11) is -1.43. The van der Waals surface area contributed by atoms with E-state index in [1.165, 1.54) is 42.6 Å². The molecular formula is C47H36P2PtS2. The van der Waals surface area contributed by atoms with Crippen molar-refractivity contribution in [1.82, 2.24) is 0 Å². The van der Waals surface area contributed by atoms with Gasteiger partial charge in [0.15, 0.2) is 0 Å². The summed E-state index contributed by atoms with van der Waals surface area (Å²) < 4.78 is -0.747. The molecule has 8 aromatic carbocycles. The molecule has 0 atom stereocenters. The fourth-order valence-electron chi connectivity index (χ4n) is 6.32. The molecule has 0 saturated heterocycles. The summed E-state index contributed by atoms with van der Waals surface area (Å²) in [6.45, 7) is 0. The molecule has 0 aromatic heterocycles. The second-order valence-electron chi connectivity index (χ2n) is 12.0. The van der Waals surface area contributed by atoms with Crippen molar-refractivity contribution in [3.8, 4) is 0 Å². The third-order valence-electron chi connectivity index (χ3n) is 8.71. The van der Waals surface area contributed by atoms with Crippen molar-refractivity contribution in [2.75, 3.05) is 0 Å². The van der Waals surface area contributed by atoms with Crippen LogP contribution in [0.4, 0.5) is 0 Å². The summed E-state index contributed by atoms with van der Waals surface area (Å²) in [5, 5.41) is 11.1. The van der Waals surface area contributed by atoms with E-state index in [0.29, 0.717) is 0 Å². The SMILES string of the molecule is [Pt+2].[S-]C([S-])(c1ccccc1)c1ccccc1.c1ccc(P(c2ccccc2)c2cccc3cccc(P(c4ccccc4)c4ccccc4)c23)cc1. The zero-order chi connectivity index (χ0) is 34.9. The van der Waals surface area contributed by atoms with Gasteiger partial charge in [-0.1, -0.05) is 230 Å². The van der Waals surface area contributed by atoms with E-state index in [2.05, 4.69) is 158 Å². The van der Waals surface area contributed by atoms with E-state index < -0.39 is 19.9 Å². The Kier molecular flexibility index (Phi) is 13.4. The Morgan fingerprint density at radius 1 is 0.308 bits per heavy atom. The van der Waals surface area contributed by atoms with Gasteiger partial charge in [-0.05, 0) is 58.4 Å². The van der Waals surface area contributed by atoms with Crippen LogP contribution in [0.15, 0.2) is 218 Å². The van der Waals surface area contributed by atoms with E-state index in [4.69, 9.17) is 25.3 Å². The minimum atomic E-state index is -0.747. The summed E-state index contributed by atoms with van der Waals surface area (Å²) in [6.07, 6.45) is 0. The molecule has 8 rings (SSSR count). The molecule has 0 unspecified atom stereocenters. The topological polar surface area (TPSA) is 0 Å². The van der Waals surface area contributed by atoms with Crippen LogP contribution in [0.25, 0.3) is 10.8 Å². The van der Waals surface area contributed by atoms with Crippen molar-refractivity contribution < 1.29 is 21.1 Å². The molecule has 0 fully saturated rings. The summed E-state index contributed by atoms with van der Waals surface area (Å²) >= 11 is 11.0. The molecular weight excluding hydrogens is 886 g/mol. The number of fused-ring (bicyclic) bond motifs is 1. The fourth-order valence-corrected chi connectivity index (χ4v) is 12.0. The Bertz CT molecular complexity index is 2030. The van der Waals surface area contributed by atoms with Crippen molar-refractivity contribution in [2.24, 2.45) is 0 Å². The van der Waals surface area contributed by atoms with Crippen LogP contribution in [0.3, 0.4) is 0 Å². The maximum absolute atomic E-state index is 5.49. The quantitative estimate of drug-likeness (QED) is 0.110. The minimum Gasteiger partial charge on any atom is -0.802 e. The first-order valence-corrected chi connectivity index (χ1v) is 20.5. The van der Waals surface area contributed by atoms with E-state index in [0.717, 1.165) is 11.1 Å². The Hall–Kier alpha value is -3.73. The van der Waals surface area contributed by atoms with Crippen LogP contribution >= 0.6 is 15.8 Å². The molecule has 0 saturated carbocycles. The summed E-state index contributed by atoms with van der Waals surface area (Å²) in [4.78, 5) is 0. The van der Waals surface area contributed by atoms with Gasteiger partial charge in [0.2, 0.25) is 0 Å². The van der Waals surface area contributed by atoms with Crippen LogP contribution < -0.4 is 31.8 Å². The Morgan fingerprint density at radius 2 is 0.577 bits per heavy atom. The second kappa shape index (κ2) is 18.3. The molecule has 0 aliphatic carbocycles. The van der Waals surface area contributed by atoms with Crippen LogP contribution in [-0.4, -0.2) is 0 Å². The fraction of sp³-hybridized carbons (Fsp3) is 0.0213. The predicted molar refractivity (Wildman–Crippen MR) is 230 cm³/mol. The van der Waals surface area contributed by atoms with Gasteiger partial charge in [0, 0.05) is 0 Å². The van der Waals surface area contributed by atoms with E-state index >= 15 is 0 Å². The van der Waals surface area contributed by atoms with Crippen LogP contribution in [0, 0.1) is 0 Å². The van der Waals surface area contributed by atoms with Crippen LogP contribution in [-0.2, 0) is 50.4 Å². The first kappa shape index (κ1) is 38.0. The molecule has 5 heteroatoms. The van der Waals surface area contributed by atoms with Crippen molar-refractivity contribution in [3.63, 3.8) is 0 Å². The normalized spacial score (nSPS) is 11.1. The minimum absolute atomic E-state index is 0. The van der Waals surface area contributed by atoms with E-state index in [9.17, 15) is 0 Å². The smallest absolute Gasteiger partial charge is 0.802 e. The first-order chi connectivity index (χ1) is 25.1. The molecule has 0 nitrogen and oxygen atoms in total. The molecule has 0 aliphatic rings. The van der Waals surface area contributed by atoms with Crippen LogP contribution in [0.1, 0.15) is 11.1 Å². The first-order valence-electron chi connectivity index (χ1n) is 17.0. The number of rotatable bonds is 8. The van der Waals surface area contributed by atoms with Gasteiger partial charge >= 0.3 is 21.1 Å². The summed E-state index contributed by atoms with van der Waals surface area (Å²) in [6, 6.07) is 77.5. The average Bonchev–Trinajstić information content (AvgIpc) is 3.21. The molecule has 0 spiro atoms. The van der Waals surface area contributed by atoms with Crippen LogP contribution in [0.5, 0.6) is 0 Å². The Labute approximate surface area is 336 Å². The zero-order valence-electron chi connectivity index (χ0n) is 28.3. The molecule has 0 radical (unpaired) electrons. The molecule has 0 aliphatic heterocycles. The van der Waals surface area contributed by atoms with Gasteiger partial charge in [-0.25, -0.2) is 4.08 Å². The third-order valence-corrected chi connectivity index (χ3v) is 14.6. The predicted octanol–water partition coefficient (Wildman–Crippen LogP) is 9.34. The van der Waals surface area contributed by atoms with E-state index in [-0.39, 0.29) is 21.1 Å². The molecule has 0 amide bonds. The van der Waals surface area contributed by atoms with Crippen molar-refractivity contribution in [1.29, 1.82) is 0 Å². The number of benzene rings is 8. The van der Waals surface area contributed by atoms with E-state index in [1.807, 2.05) is 60.7 Å². The number of hydrogen-bond acceptors (Lipinski definition) is 2. The van der Waals surface area contributed by atoms with Gasteiger partial charge in [-0.3, -0.25) is 0 Å². The standard InChI is InChI=1S/C34H26P2.C13H12S2.Pt/c1-5-17-28(18-6-1)35(29-19-7-2-8-20-29)32-25-13-15-27-16-14-26-33(34(27)32)36(30-21-9-3-10-22-30)31-23-11-4-12-24-31;14-13(15,11-7-3-1-4-8-11)12-9-5-2-6-10-12;/h1-26H;1-10,14-15H;/q;;+2/p-2. The number of hydrogen-bond donors (Lipinski definition) is 0. The van der Waals surface area contributed by atoms with Crippen LogP contribution in [0.2, 0.25) is 0 Å². The molecule has 52 heavy (non-hydrogen) atoms. The molecule has 0 heterocycles. The van der Waals surface area contributed by atoms with Gasteiger partial charge in [-0.2, -0.15) is 0 Å². The maximum atomic E-state index is 5.49. The molecule has 8 aromatic rings.